The molecule has 3 aromatic rings. The number of nitrogens with zero attached hydrogens (tertiary/aromatic N) is 4. The monoisotopic (exact) mass is 390 g/mol. The fraction of sp³-hybridized carbons (Fsp3) is 0.261. The number of aromatic nitrogens is 2. The molecule has 2 aromatic carbocycles. The summed E-state index contributed by atoms with van der Waals surface area (Å²) in [5.74, 6) is -0.373. The lowest BCUT2D eigenvalue weighted by atomic mass is 10.0. The zero-order chi connectivity index (χ0) is 21.1. The van der Waals surface area contributed by atoms with E-state index < -0.39 is 0 Å². The minimum absolute atomic E-state index is 0.00860. The first-order valence-corrected chi connectivity index (χ1v) is 9.46. The zero-order valence-electron chi connectivity index (χ0n) is 17.5. The fourth-order valence-electron chi connectivity index (χ4n) is 3.14. The molecular formula is C23H26N4O2. The Bertz CT molecular complexity index is 1040. The summed E-state index contributed by atoms with van der Waals surface area (Å²) >= 11 is 0. The maximum atomic E-state index is 13.2. The first kappa shape index (κ1) is 20.3. The Kier molecular flexibility index (Phi) is 5.82. The van der Waals surface area contributed by atoms with E-state index in [0.29, 0.717) is 11.3 Å². The molecule has 29 heavy (non-hydrogen) atoms. The number of rotatable bonds is 5. The second-order valence-electron chi connectivity index (χ2n) is 7.44. The Morgan fingerprint density at radius 1 is 1.00 bits per heavy atom. The van der Waals surface area contributed by atoms with Gasteiger partial charge in [0.1, 0.15) is 5.69 Å². The van der Waals surface area contributed by atoms with Crippen molar-refractivity contribution in [1.82, 2.24) is 19.6 Å². The smallest absolute Gasteiger partial charge is 0.257 e. The van der Waals surface area contributed by atoms with Crippen LogP contribution < -0.4 is 0 Å². The molecular weight excluding hydrogens is 364 g/mol. The van der Waals surface area contributed by atoms with E-state index in [-0.39, 0.29) is 18.4 Å². The molecule has 0 bridgehead atoms. The molecule has 0 radical (unpaired) electrons. The molecule has 6 heteroatoms. The van der Waals surface area contributed by atoms with Gasteiger partial charge >= 0.3 is 0 Å². The number of amides is 2. The summed E-state index contributed by atoms with van der Waals surface area (Å²) < 4.78 is 1.71. The quantitative estimate of drug-likeness (QED) is 0.672. The van der Waals surface area contributed by atoms with Crippen LogP contribution in [0.4, 0.5) is 0 Å². The molecule has 0 unspecified atom stereocenters. The summed E-state index contributed by atoms with van der Waals surface area (Å²) in [6.45, 7) is 4.05. The van der Waals surface area contributed by atoms with E-state index in [1.54, 1.807) is 32.0 Å². The number of para-hydroxylation sites is 1. The van der Waals surface area contributed by atoms with Crippen molar-refractivity contribution in [2.24, 2.45) is 0 Å². The molecule has 0 aliphatic heterocycles. The highest BCUT2D eigenvalue weighted by atomic mass is 16.2. The largest absolute Gasteiger partial charge is 0.347 e. The third kappa shape index (κ3) is 4.37. The number of aryl methyl sites for hydroxylation is 2. The Hall–Kier alpha value is -3.41. The van der Waals surface area contributed by atoms with E-state index in [9.17, 15) is 9.59 Å². The molecule has 3 rings (SSSR count). The van der Waals surface area contributed by atoms with Crippen LogP contribution in [0.3, 0.4) is 0 Å². The van der Waals surface area contributed by atoms with Crippen LogP contribution in [0.1, 0.15) is 21.5 Å². The lowest BCUT2D eigenvalue weighted by Gasteiger charge is -2.19. The molecule has 1 aromatic heterocycles. The van der Waals surface area contributed by atoms with Crippen LogP contribution >= 0.6 is 0 Å². The molecule has 0 saturated carbocycles. The van der Waals surface area contributed by atoms with Crippen molar-refractivity contribution in [3.8, 4) is 16.9 Å². The Morgan fingerprint density at radius 3 is 2.31 bits per heavy atom. The van der Waals surface area contributed by atoms with Gasteiger partial charge in [0, 0.05) is 32.9 Å². The molecule has 150 valence electrons. The van der Waals surface area contributed by atoms with Crippen LogP contribution in [0, 0.1) is 13.8 Å². The number of likely N-dealkylation sites (N-methyl/N-ethyl adjacent to an activating group) is 2. The predicted molar refractivity (Wildman–Crippen MR) is 114 cm³/mol. The number of carbonyl (C=O) groups excluding carboxylic acids is 2. The minimum atomic E-state index is -0.239. The predicted octanol–water partition coefficient (Wildman–Crippen LogP) is 3.32. The van der Waals surface area contributed by atoms with Gasteiger partial charge in [-0.15, -0.1) is 0 Å². The van der Waals surface area contributed by atoms with Gasteiger partial charge in [0.2, 0.25) is 5.91 Å². The molecule has 0 N–H and O–H groups in total. The number of benzene rings is 2. The van der Waals surface area contributed by atoms with E-state index >= 15 is 0 Å². The summed E-state index contributed by atoms with van der Waals surface area (Å²) in [6, 6.07) is 15.7. The highest BCUT2D eigenvalue weighted by Crippen LogP contribution is 2.28. The number of hydrogen-bond donors (Lipinski definition) is 0. The van der Waals surface area contributed by atoms with E-state index in [2.05, 4.69) is 6.07 Å². The van der Waals surface area contributed by atoms with Gasteiger partial charge in [-0.05, 0) is 31.5 Å². The third-order valence-electron chi connectivity index (χ3n) is 4.82. The van der Waals surface area contributed by atoms with Gasteiger partial charge in [0.25, 0.3) is 5.91 Å². The summed E-state index contributed by atoms with van der Waals surface area (Å²) in [4.78, 5) is 28.2. The molecule has 0 spiro atoms. The first-order valence-electron chi connectivity index (χ1n) is 9.46. The maximum Gasteiger partial charge on any atom is 0.257 e. The molecule has 2 amide bonds. The van der Waals surface area contributed by atoms with Crippen molar-refractivity contribution < 1.29 is 9.59 Å². The van der Waals surface area contributed by atoms with E-state index in [1.807, 2.05) is 56.3 Å². The summed E-state index contributed by atoms with van der Waals surface area (Å²) in [5.41, 5.74) is 5.04. The van der Waals surface area contributed by atoms with Crippen LogP contribution in [0.15, 0.2) is 54.7 Å². The highest BCUT2D eigenvalue weighted by Gasteiger charge is 2.24. The molecule has 0 fully saturated rings. The van der Waals surface area contributed by atoms with Crippen molar-refractivity contribution >= 4 is 11.8 Å². The van der Waals surface area contributed by atoms with Gasteiger partial charge in [-0.3, -0.25) is 9.59 Å². The van der Waals surface area contributed by atoms with Crippen LogP contribution in [-0.4, -0.2) is 59.1 Å². The van der Waals surface area contributed by atoms with Gasteiger partial charge < -0.3 is 9.80 Å². The van der Waals surface area contributed by atoms with Gasteiger partial charge in [-0.2, -0.15) is 5.10 Å². The standard InChI is InChI=1S/C23H26N4O2/c1-16-11-12-19(17(2)13-16)22-20(23(29)26(5)15-21(28)25(3)4)14-27(24-22)18-9-7-6-8-10-18/h6-14H,15H2,1-5H3. The second kappa shape index (κ2) is 8.31. The maximum absolute atomic E-state index is 13.2. The van der Waals surface area contributed by atoms with Crippen molar-refractivity contribution in [3.05, 3.63) is 71.4 Å². The molecule has 0 saturated heterocycles. The van der Waals surface area contributed by atoms with Crippen molar-refractivity contribution in [1.29, 1.82) is 0 Å². The Balaban J connectivity index is 2.08. The van der Waals surface area contributed by atoms with Gasteiger partial charge in [0.15, 0.2) is 0 Å². The Morgan fingerprint density at radius 2 is 1.69 bits per heavy atom. The molecule has 1 heterocycles. The van der Waals surface area contributed by atoms with E-state index in [1.165, 1.54) is 9.80 Å². The van der Waals surface area contributed by atoms with E-state index in [0.717, 1.165) is 22.4 Å². The van der Waals surface area contributed by atoms with Crippen molar-refractivity contribution in [2.75, 3.05) is 27.7 Å². The third-order valence-corrected chi connectivity index (χ3v) is 4.82. The summed E-state index contributed by atoms with van der Waals surface area (Å²) in [5, 5.41) is 4.73. The fourth-order valence-corrected chi connectivity index (χ4v) is 3.14. The minimum Gasteiger partial charge on any atom is -0.347 e. The van der Waals surface area contributed by atoms with Gasteiger partial charge in [-0.25, -0.2) is 4.68 Å². The zero-order valence-corrected chi connectivity index (χ0v) is 17.5. The number of carbonyl (C=O) groups is 2. The van der Waals surface area contributed by atoms with Crippen molar-refractivity contribution in [3.63, 3.8) is 0 Å². The normalized spacial score (nSPS) is 10.7. The lowest BCUT2D eigenvalue weighted by Crippen LogP contribution is -2.37. The SMILES string of the molecule is Cc1ccc(-c2nn(-c3ccccc3)cc2C(=O)N(C)CC(=O)N(C)C)c(C)c1. The molecule has 0 aliphatic rings. The van der Waals surface area contributed by atoms with Crippen LogP contribution in [0.5, 0.6) is 0 Å². The molecule has 0 aliphatic carbocycles. The average molecular weight is 390 g/mol. The summed E-state index contributed by atoms with van der Waals surface area (Å²) in [6.07, 6.45) is 1.74. The Labute approximate surface area is 171 Å². The lowest BCUT2D eigenvalue weighted by molar-refractivity contribution is -0.129. The molecule has 0 atom stereocenters. The first-order chi connectivity index (χ1) is 13.8. The highest BCUT2D eigenvalue weighted by molar-refractivity contribution is 6.01. The number of hydrogen-bond acceptors (Lipinski definition) is 3. The second-order valence-corrected chi connectivity index (χ2v) is 7.44. The van der Waals surface area contributed by atoms with Gasteiger partial charge in [0.05, 0.1) is 17.8 Å². The average Bonchev–Trinajstić information content (AvgIpc) is 3.13. The van der Waals surface area contributed by atoms with E-state index in [4.69, 9.17) is 5.10 Å². The van der Waals surface area contributed by atoms with Crippen LogP contribution in [0.25, 0.3) is 16.9 Å². The molecule has 6 nitrogen and oxygen atoms in total. The van der Waals surface area contributed by atoms with Crippen molar-refractivity contribution in [2.45, 2.75) is 13.8 Å². The van der Waals surface area contributed by atoms with Gasteiger partial charge in [-0.1, -0.05) is 42.0 Å². The summed E-state index contributed by atoms with van der Waals surface area (Å²) in [7, 11) is 4.99. The van der Waals surface area contributed by atoms with Crippen LogP contribution in [-0.2, 0) is 4.79 Å². The topological polar surface area (TPSA) is 58.4 Å². The van der Waals surface area contributed by atoms with Crippen LogP contribution in [0.2, 0.25) is 0 Å².